The Bertz CT molecular complexity index is 623. The summed E-state index contributed by atoms with van der Waals surface area (Å²) in [7, 11) is -1.54. The number of isocyanates is 1. The van der Waals surface area contributed by atoms with Gasteiger partial charge in [-0.1, -0.05) is 37.2 Å². The molecule has 0 aliphatic heterocycles. The van der Waals surface area contributed by atoms with Crippen LogP contribution in [0.3, 0.4) is 0 Å². The zero-order valence-electron chi connectivity index (χ0n) is 10.3. The van der Waals surface area contributed by atoms with Crippen molar-refractivity contribution in [2.75, 3.05) is 0 Å². The fourth-order valence-corrected chi connectivity index (χ4v) is 1.85. The SMILES string of the molecule is C[Si](C)(C)C#Cc1cc(C#N)c(Cl)cc1N=C=O. The summed E-state index contributed by atoms with van der Waals surface area (Å²) in [5.41, 5.74) is 4.35. The maximum atomic E-state index is 10.4. The molecule has 0 aliphatic rings. The molecule has 0 aromatic heterocycles. The second kappa shape index (κ2) is 5.66. The molecule has 0 saturated carbocycles. The van der Waals surface area contributed by atoms with Gasteiger partial charge in [-0.25, -0.2) is 4.79 Å². The summed E-state index contributed by atoms with van der Waals surface area (Å²) in [6.07, 6.45) is 1.46. The highest BCUT2D eigenvalue weighted by Gasteiger charge is 2.10. The van der Waals surface area contributed by atoms with E-state index in [9.17, 15) is 4.79 Å². The lowest BCUT2D eigenvalue weighted by Crippen LogP contribution is -2.16. The molecule has 18 heavy (non-hydrogen) atoms. The molecule has 5 heteroatoms. The Hall–Kier alpha value is -1.84. The number of nitrogens with zero attached hydrogens (tertiary/aromatic N) is 2. The molecule has 0 spiro atoms. The third-order valence-electron chi connectivity index (χ3n) is 1.94. The molecule has 0 amide bonds. The molecule has 1 aromatic carbocycles. The Morgan fingerprint density at radius 2 is 1.94 bits per heavy atom. The molecule has 0 radical (unpaired) electrons. The van der Waals surface area contributed by atoms with Crippen LogP contribution in [0.15, 0.2) is 17.1 Å². The first kappa shape index (κ1) is 14.2. The van der Waals surface area contributed by atoms with Crippen molar-refractivity contribution in [3.05, 3.63) is 28.3 Å². The number of aliphatic imine (C=N–C) groups is 1. The van der Waals surface area contributed by atoms with E-state index in [1.54, 1.807) is 6.07 Å². The minimum absolute atomic E-state index is 0.255. The third-order valence-corrected chi connectivity index (χ3v) is 3.13. The molecule has 3 nitrogen and oxygen atoms in total. The summed E-state index contributed by atoms with van der Waals surface area (Å²) >= 11 is 5.88. The van der Waals surface area contributed by atoms with Gasteiger partial charge in [-0.15, -0.1) is 5.54 Å². The Morgan fingerprint density at radius 1 is 1.28 bits per heavy atom. The van der Waals surface area contributed by atoms with Gasteiger partial charge in [-0.3, -0.25) is 0 Å². The minimum atomic E-state index is -1.54. The van der Waals surface area contributed by atoms with Gasteiger partial charge in [0, 0.05) is 0 Å². The van der Waals surface area contributed by atoms with E-state index in [-0.39, 0.29) is 5.02 Å². The predicted octanol–water partition coefficient (Wildman–Crippen LogP) is 3.41. The molecule has 1 aromatic rings. The average Bonchev–Trinajstić information content (AvgIpc) is 2.27. The number of benzene rings is 1. The molecule has 0 bridgehead atoms. The lowest BCUT2D eigenvalue weighted by Gasteiger charge is -2.05. The van der Waals surface area contributed by atoms with E-state index in [2.05, 4.69) is 36.1 Å². The van der Waals surface area contributed by atoms with Crippen molar-refractivity contribution in [3.63, 3.8) is 0 Å². The molecular formula is C13H11ClN2OSi. The Labute approximate surface area is 112 Å². The van der Waals surface area contributed by atoms with Crippen molar-refractivity contribution in [2.45, 2.75) is 19.6 Å². The first-order valence-electron chi connectivity index (χ1n) is 5.22. The number of nitriles is 1. The number of carbonyl (C=O) groups excluding carboxylic acids is 1. The van der Waals surface area contributed by atoms with E-state index in [1.807, 2.05) is 6.07 Å². The van der Waals surface area contributed by atoms with E-state index in [1.165, 1.54) is 12.1 Å². The Morgan fingerprint density at radius 3 is 2.44 bits per heavy atom. The third kappa shape index (κ3) is 3.87. The Balaban J connectivity index is 3.44. The number of hydrogen-bond donors (Lipinski definition) is 0. The maximum Gasteiger partial charge on any atom is 0.240 e. The normalized spacial score (nSPS) is 9.72. The highest BCUT2D eigenvalue weighted by atomic mass is 35.5. The minimum Gasteiger partial charge on any atom is -0.211 e. The van der Waals surface area contributed by atoms with Crippen LogP contribution in [0.5, 0.6) is 0 Å². The quantitative estimate of drug-likeness (QED) is 0.341. The van der Waals surface area contributed by atoms with Crippen LogP contribution >= 0.6 is 11.6 Å². The van der Waals surface area contributed by atoms with Gasteiger partial charge in [0.2, 0.25) is 6.08 Å². The van der Waals surface area contributed by atoms with Crippen LogP contribution < -0.4 is 0 Å². The largest absolute Gasteiger partial charge is 0.240 e. The second-order valence-corrected chi connectivity index (χ2v) is 9.82. The smallest absolute Gasteiger partial charge is 0.211 e. The Kier molecular flexibility index (Phi) is 4.47. The van der Waals surface area contributed by atoms with Crippen LogP contribution in [0.25, 0.3) is 0 Å². The van der Waals surface area contributed by atoms with Crippen LogP contribution in [0.4, 0.5) is 5.69 Å². The first-order valence-corrected chi connectivity index (χ1v) is 9.10. The number of rotatable bonds is 1. The van der Waals surface area contributed by atoms with E-state index < -0.39 is 8.07 Å². The van der Waals surface area contributed by atoms with Crippen molar-refractivity contribution in [1.29, 1.82) is 5.26 Å². The van der Waals surface area contributed by atoms with Crippen LogP contribution in [-0.2, 0) is 4.79 Å². The van der Waals surface area contributed by atoms with Gasteiger partial charge < -0.3 is 0 Å². The van der Waals surface area contributed by atoms with E-state index in [0.717, 1.165) is 0 Å². The maximum absolute atomic E-state index is 10.4. The van der Waals surface area contributed by atoms with Gasteiger partial charge >= 0.3 is 0 Å². The topological polar surface area (TPSA) is 53.2 Å². The van der Waals surface area contributed by atoms with Crippen LogP contribution in [0, 0.1) is 22.8 Å². The summed E-state index contributed by atoms with van der Waals surface area (Å²) in [5, 5.41) is 9.16. The molecule has 0 aliphatic carbocycles. The molecule has 0 atom stereocenters. The molecule has 0 N–H and O–H groups in total. The fourth-order valence-electron chi connectivity index (χ4n) is 1.15. The van der Waals surface area contributed by atoms with Gasteiger partial charge in [-0.05, 0) is 12.1 Å². The number of hydrogen-bond acceptors (Lipinski definition) is 3. The molecule has 0 unspecified atom stereocenters. The first-order chi connectivity index (χ1) is 8.37. The van der Waals surface area contributed by atoms with Crippen molar-refractivity contribution in [2.24, 2.45) is 4.99 Å². The fraction of sp³-hybridized carbons (Fsp3) is 0.231. The molecular weight excluding hydrogens is 264 g/mol. The lowest BCUT2D eigenvalue weighted by atomic mass is 10.1. The summed E-state index contributed by atoms with van der Waals surface area (Å²) < 4.78 is 0. The van der Waals surface area contributed by atoms with E-state index in [0.29, 0.717) is 16.8 Å². The molecule has 0 saturated heterocycles. The monoisotopic (exact) mass is 274 g/mol. The van der Waals surface area contributed by atoms with Crippen LogP contribution in [0.2, 0.25) is 24.7 Å². The zero-order valence-corrected chi connectivity index (χ0v) is 12.1. The highest BCUT2D eigenvalue weighted by molar-refractivity contribution is 6.83. The van der Waals surface area contributed by atoms with Gasteiger partial charge in [0.25, 0.3) is 0 Å². The second-order valence-electron chi connectivity index (χ2n) is 4.66. The predicted molar refractivity (Wildman–Crippen MR) is 74.2 cm³/mol. The number of halogens is 1. The summed E-state index contributed by atoms with van der Waals surface area (Å²) in [6, 6.07) is 4.98. The van der Waals surface area contributed by atoms with E-state index in [4.69, 9.17) is 16.9 Å². The van der Waals surface area contributed by atoms with Crippen LogP contribution in [-0.4, -0.2) is 14.2 Å². The molecule has 1 rings (SSSR count). The van der Waals surface area contributed by atoms with Crippen LogP contribution in [0.1, 0.15) is 11.1 Å². The standard InChI is InChI=1S/C13H11ClN2OSi/c1-18(2,3)5-4-10-6-11(8-15)12(14)7-13(10)16-9-17/h6-7H,1-3H3. The summed E-state index contributed by atoms with van der Waals surface area (Å²) in [5.74, 6) is 2.97. The lowest BCUT2D eigenvalue weighted by molar-refractivity contribution is 0.565. The van der Waals surface area contributed by atoms with Crippen molar-refractivity contribution in [1.82, 2.24) is 0 Å². The molecule has 90 valence electrons. The van der Waals surface area contributed by atoms with Gasteiger partial charge in [-0.2, -0.15) is 10.3 Å². The van der Waals surface area contributed by atoms with Gasteiger partial charge in [0.1, 0.15) is 14.1 Å². The van der Waals surface area contributed by atoms with Gasteiger partial charge in [0.15, 0.2) is 0 Å². The van der Waals surface area contributed by atoms with Gasteiger partial charge in [0.05, 0.1) is 21.8 Å². The summed E-state index contributed by atoms with van der Waals surface area (Å²) in [4.78, 5) is 13.9. The summed E-state index contributed by atoms with van der Waals surface area (Å²) in [6.45, 7) is 6.30. The zero-order chi connectivity index (χ0) is 13.8. The average molecular weight is 275 g/mol. The van der Waals surface area contributed by atoms with Crippen molar-refractivity contribution in [3.8, 4) is 17.5 Å². The van der Waals surface area contributed by atoms with Crippen molar-refractivity contribution < 1.29 is 4.79 Å². The van der Waals surface area contributed by atoms with Crippen molar-refractivity contribution >= 4 is 31.4 Å². The molecule has 0 fully saturated rings. The van der Waals surface area contributed by atoms with E-state index >= 15 is 0 Å². The molecule has 0 heterocycles. The highest BCUT2D eigenvalue weighted by Crippen LogP contribution is 2.26.